The smallest absolute Gasteiger partial charge is 0.270 e. The first-order valence-electron chi connectivity index (χ1n) is 6.25. The van der Waals surface area contributed by atoms with E-state index in [1.807, 2.05) is 13.0 Å². The predicted octanol–water partition coefficient (Wildman–Crippen LogP) is 2.04. The lowest BCUT2D eigenvalue weighted by atomic mass is 10.3. The Morgan fingerprint density at radius 1 is 1.47 bits per heavy atom. The molecular formula is C13H19N3O. The summed E-state index contributed by atoms with van der Waals surface area (Å²) in [5.41, 5.74) is 1.44. The first kappa shape index (κ1) is 11.9. The number of hydrogen-bond acceptors (Lipinski definition) is 3. The van der Waals surface area contributed by atoms with Gasteiger partial charge in [-0.15, -0.1) is 0 Å². The maximum absolute atomic E-state index is 11.8. The fourth-order valence-corrected chi connectivity index (χ4v) is 1.95. The predicted molar refractivity (Wildman–Crippen MR) is 68.1 cm³/mol. The Morgan fingerprint density at radius 2 is 2.29 bits per heavy atom. The SMILES string of the molecule is CCNc1ccc(C(=O)NC2CC2CC)nc1. The van der Waals surface area contributed by atoms with Crippen molar-refractivity contribution in [3.8, 4) is 0 Å². The van der Waals surface area contributed by atoms with Gasteiger partial charge in [0.25, 0.3) is 5.91 Å². The van der Waals surface area contributed by atoms with E-state index in [-0.39, 0.29) is 5.91 Å². The number of nitrogens with one attached hydrogen (secondary N) is 2. The van der Waals surface area contributed by atoms with Gasteiger partial charge in [-0.05, 0) is 31.4 Å². The number of carbonyl (C=O) groups is 1. The molecule has 1 aromatic rings. The van der Waals surface area contributed by atoms with Crippen molar-refractivity contribution in [2.75, 3.05) is 11.9 Å². The van der Waals surface area contributed by atoms with Crippen LogP contribution in [0.2, 0.25) is 0 Å². The molecule has 0 spiro atoms. The van der Waals surface area contributed by atoms with Crippen LogP contribution >= 0.6 is 0 Å². The van der Waals surface area contributed by atoms with Crippen LogP contribution in [0.25, 0.3) is 0 Å². The van der Waals surface area contributed by atoms with Crippen LogP contribution in [0.3, 0.4) is 0 Å². The van der Waals surface area contributed by atoms with Crippen molar-refractivity contribution >= 4 is 11.6 Å². The number of amides is 1. The Hall–Kier alpha value is -1.58. The van der Waals surface area contributed by atoms with Crippen molar-refractivity contribution in [3.63, 3.8) is 0 Å². The molecule has 1 aromatic heterocycles. The third kappa shape index (κ3) is 2.96. The van der Waals surface area contributed by atoms with Crippen LogP contribution in [0.1, 0.15) is 37.2 Å². The third-order valence-corrected chi connectivity index (χ3v) is 3.14. The molecule has 1 amide bonds. The van der Waals surface area contributed by atoms with Crippen molar-refractivity contribution in [1.82, 2.24) is 10.3 Å². The fraction of sp³-hybridized carbons (Fsp3) is 0.538. The topological polar surface area (TPSA) is 54.0 Å². The van der Waals surface area contributed by atoms with Crippen LogP contribution in [0.5, 0.6) is 0 Å². The first-order chi connectivity index (χ1) is 8.24. The molecule has 4 heteroatoms. The van der Waals surface area contributed by atoms with Crippen LogP contribution < -0.4 is 10.6 Å². The molecule has 2 N–H and O–H groups in total. The van der Waals surface area contributed by atoms with E-state index in [0.717, 1.165) is 25.1 Å². The van der Waals surface area contributed by atoms with E-state index in [2.05, 4.69) is 22.5 Å². The zero-order valence-electron chi connectivity index (χ0n) is 10.4. The second kappa shape index (κ2) is 5.17. The zero-order chi connectivity index (χ0) is 12.3. The average molecular weight is 233 g/mol. The Bertz CT molecular complexity index is 388. The number of nitrogens with zero attached hydrogens (tertiary/aromatic N) is 1. The number of pyridine rings is 1. The minimum Gasteiger partial charge on any atom is -0.384 e. The van der Waals surface area contributed by atoms with E-state index >= 15 is 0 Å². The van der Waals surface area contributed by atoms with Crippen molar-refractivity contribution in [3.05, 3.63) is 24.0 Å². The largest absolute Gasteiger partial charge is 0.384 e. The van der Waals surface area contributed by atoms with Gasteiger partial charge in [0.15, 0.2) is 0 Å². The normalized spacial score (nSPS) is 22.0. The maximum atomic E-state index is 11.8. The van der Waals surface area contributed by atoms with Gasteiger partial charge in [-0.3, -0.25) is 4.79 Å². The van der Waals surface area contributed by atoms with Gasteiger partial charge < -0.3 is 10.6 Å². The molecule has 2 unspecified atom stereocenters. The molecule has 17 heavy (non-hydrogen) atoms. The molecule has 1 heterocycles. The molecule has 0 aliphatic heterocycles. The van der Waals surface area contributed by atoms with Crippen molar-refractivity contribution in [1.29, 1.82) is 0 Å². The van der Waals surface area contributed by atoms with Gasteiger partial charge in [-0.1, -0.05) is 13.3 Å². The third-order valence-electron chi connectivity index (χ3n) is 3.14. The molecule has 4 nitrogen and oxygen atoms in total. The van der Waals surface area contributed by atoms with Crippen LogP contribution in [-0.4, -0.2) is 23.5 Å². The molecule has 0 aromatic carbocycles. The van der Waals surface area contributed by atoms with Gasteiger partial charge in [0.1, 0.15) is 5.69 Å². The lowest BCUT2D eigenvalue weighted by Gasteiger charge is -2.05. The lowest BCUT2D eigenvalue weighted by molar-refractivity contribution is 0.0944. The Balaban J connectivity index is 1.90. The van der Waals surface area contributed by atoms with Gasteiger partial charge in [0.05, 0.1) is 11.9 Å². The number of anilines is 1. The van der Waals surface area contributed by atoms with E-state index in [1.165, 1.54) is 0 Å². The summed E-state index contributed by atoms with van der Waals surface area (Å²) in [4.78, 5) is 16.0. The minimum atomic E-state index is -0.0611. The number of carbonyl (C=O) groups excluding carboxylic acids is 1. The van der Waals surface area contributed by atoms with Crippen molar-refractivity contribution in [2.24, 2.45) is 5.92 Å². The minimum absolute atomic E-state index is 0.0611. The molecular weight excluding hydrogens is 214 g/mol. The Morgan fingerprint density at radius 3 is 2.82 bits per heavy atom. The van der Waals surface area contributed by atoms with E-state index in [0.29, 0.717) is 17.7 Å². The van der Waals surface area contributed by atoms with Crippen LogP contribution in [0, 0.1) is 5.92 Å². The highest BCUT2D eigenvalue weighted by atomic mass is 16.2. The van der Waals surface area contributed by atoms with Gasteiger partial charge in [0, 0.05) is 12.6 Å². The number of aromatic nitrogens is 1. The monoisotopic (exact) mass is 233 g/mol. The van der Waals surface area contributed by atoms with Gasteiger partial charge >= 0.3 is 0 Å². The second-order valence-electron chi connectivity index (χ2n) is 4.45. The molecule has 92 valence electrons. The van der Waals surface area contributed by atoms with Gasteiger partial charge in [-0.25, -0.2) is 4.98 Å². The molecule has 2 atom stereocenters. The summed E-state index contributed by atoms with van der Waals surface area (Å²) >= 11 is 0. The van der Waals surface area contributed by atoms with Crippen molar-refractivity contribution < 1.29 is 4.79 Å². The molecule has 0 radical (unpaired) electrons. The molecule has 0 bridgehead atoms. The highest BCUT2D eigenvalue weighted by Crippen LogP contribution is 2.33. The van der Waals surface area contributed by atoms with Crippen LogP contribution in [0.4, 0.5) is 5.69 Å². The van der Waals surface area contributed by atoms with Crippen molar-refractivity contribution in [2.45, 2.75) is 32.7 Å². The lowest BCUT2D eigenvalue weighted by Crippen LogP contribution is -2.27. The number of hydrogen-bond donors (Lipinski definition) is 2. The Kier molecular flexibility index (Phi) is 3.61. The highest BCUT2D eigenvalue weighted by molar-refractivity contribution is 5.92. The van der Waals surface area contributed by atoms with E-state index in [1.54, 1.807) is 12.3 Å². The first-order valence-corrected chi connectivity index (χ1v) is 6.25. The number of rotatable bonds is 5. The van der Waals surface area contributed by atoms with Crippen LogP contribution in [-0.2, 0) is 0 Å². The van der Waals surface area contributed by atoms with Gasteiger partial charge in [-0.2, -0.15) is 0 Å². The summed E-state index contributed by atoms with van der Waals surface area (Å²) in [5, 5.41) is 6.15. The fourth-order valence-electron chi connectivity index (χ4n) is 1.95. The molecule has 0 saturated heterocycles. The highest BCUT2D eigenvalue weighted by Gasteiger charge is 2.36. The van der Waals surface area contributed by atoms with E-state index in [9.17, 15) is 4.79 Å². The van der Waals surface area contributed by atoms with Crippen LogP contribution in [0.15, 0.2) is 18.3 Å². The van der Waals surface area contributed by atoms with E-state index in [4.69, 9.17) is 0 Å². The quantitative estimate of drug-likeness (QED) is 0.818. The second-order valence-corrected chi connectivity index (χ2v) is 4.45. The molecule has 1 fully saturated rings. The average Bonchev–Trinajstić information content (AvgIpc) is 3.09. The zero-order valence-corrected chi connectivity index (χ0v) is 10.4. The summed E-state index contributed by atoms with van der Waals surface area (Å²) in [7, 11) is 0. The molecule has 2 rings (SSSR count). The summed E-state index contributed by atoms with van der Waals surface area (Å²) in [6.07, 6.45) is 3.94. The maximum Gasteiger partial charge on any atom is 0.270 e. The summed E-state index contributed by atoms with van der Waals surface area (Å²) in [5.74, 6) is 0.606. The molecule has 1 saturated carbocycles. The molecule has 1 aliphatic rings. The molecule has 1 aliphatic carbocycles. The summed E-state index contributed by atoms with van der Waals surface area (Å²) in [6, 6.07) is 4.01. The Labute approximate surface area is 102 Å². The van der Waals surface area contributed by atoms with E-state index < -0.39 is 0 Å². The standard InChI is InChI=1S/C13H19N3O/c1-3-9-7-12(9)16-13(17)11-6-5-10(8-15-11)14-4-2/h5-6,8-9,12,14H,3-4,7H2,1-2H3,(H,16,17). The summed E-state index contributed by atoms with van der Waals surface area (Å²) < 4.78 is 0. The van der Waals surface area contributed by atoms with Gasteiger partial charge in [0.2, 0.25) is 0 Å². The summed E-state index contributed by atoms with van der Waals surface area (Å²) in [6.45, 7) is 5.03.